The van der Waals surface area contributed by atoms with E-state index >= 15 is 0 Å². The van der Waals surface area contributed by atoms with E-state index in [4.69, 9.17) is 0 Å². The Bertz CT molecular complexity index is 826. The van der Waals surface area contributed by atoms with Crippen molar-refractivity contribution in [2.75, 3.05) is 5.32 Å². The maximum atomic E-state index is 12.2. The molecular weight excluding hydrogens is 290 g/mol. The average Bonchev–Trinajstić information content (AvgIpc) is 2.91. The van der Waals surface area contributed by atoms with Gasteiger partial charge in [0.15, 0.2) is 0 Å². The molecule has 116 valence electrons. The molecule has 0 aliphatic carbocycles. The van der Waals surface area contributed by atoms with Crippen molar-refractivity contribution in [2.45, 2.75) is 13.3 Å². The average molecular weight is 307 g/mol. The van der Waals surface area contributed by atoms with Gasteiger partial charge in [0.05, 0.1) is 17.8 Å². The molecule has 0 bridgehead atoms. The Morgan fingerprint density at radius 3 is 2.83 bits per heavy atom. The summed E-state index contributed by atoms with van der Waals surface area (Å²) < 4.78 is 1.64. The smallest absolute Gasteiger partial charge is 0.231 e. The van der Waals surface area contributed by atoms with Crippen molar-refractivity contribution in [2.24, 2.45) is 7.05 Å². The SMILES string of the molecule is Cc1cccnc1CC(=O)Nc1cc(-c2cccnc2)nn1C. The van der Waals surface area contributed by atoms with Crippen molar-refractivity contribution in [3.05, 3.63) is 60.2 Å². The molecule has 0 unspecified atom stereocenters. The van der Waals surface area contributed by atoms with Gasteiger partial charge in [-0.05, 0) is 30.7 Å². The minimum absolute atomic E-state index is 0.118. The lowest BCUT2D eigenvalue weighted by Gasteiger charge is -2.06. The lowest BCUT2D eigenvalue weighted by molar-refractivity contribution is -0.115. The van der Waals surface area contributed by atoms with Gasteiger partial charge in [-0.15, -0.1) is 0 Å². The van der Waals surface area contributed by atoms with Gasteiger partial charge >= 0.3 is 0 Å². The summed E-state index contributed by atoms with van der Waals surface area (Å²) in [6, 6.07) is 9.42. The quantitative estimate of drug-likeness (QED) is 0.803. The molecule has 0 atom stereocenters. The fraction of sp³-hybridized carbons (Fsp3) is 0.176. The minimum Gasteiger partial charge on any atom is -0.311 e. The number of carbonyl (C=O) groups excluding carboxylic acids is 1. The predicted octanol–water partition coefficient (Wildman–Crippen LogP) is 2.37. The molecule has 6 nitrogen and oxygen atoms in total. The molecule has 3 aromatic rings. The Morgan fingerprint density at radius 1 is 1.26 bits per heavy atom. The Kier molecular flexibility index (Phi) is 4.14. The first kappa shape index (κ1) is 14.9. The highest BCUT2D eigenvalue weighted by atomic mass is 16.1. The normalized spacial score (nSPS) is 10.5. The van der Waals surface area contributed by atoms with Crippen LogP contribution >= 0.6 is 0 Å². The minimum atomic E-state index is -0.118. The van der Waals surface area contributed by atoms with Crippen LogP contribution in [0.25, 0.3) is 11.3 Å². The molecule has 3 aromatic heterocycles. The van der Waals surface area contributed by atoms with Crippen LogP contribution in [0.1, 0.15) is 11.3 Å². The van der Waals surface area contributed by atoms with Crippen molar-refractivity contribution in [1.82, 2.24) is 19.7 Å². The van der Waals surface area contributed by atoms with Crippen molar-refractivity contribution in [3.8, 4) is 11.3 Å². The number of rotatable bonds is 4. The van der Waals surface area contributed by atoms with E-state index in [-0.39, 0.29) is 12.3 Å². The van der Waals surface area contributed by atoms with Gasteiger partial charge in [-0.1, -0.05) is 6.07 Å². The molecule has 0 fully saturated rings. The fourth-order valence-electron chi connectivity index (χ4n) is 2.28. The molecule has 0 radical (unpaired) electrons. The third-order valence-electron chi connectivity index (χ3n) is 3.55. The number of aromatic nitrogens is 4. The van der Waals surface area contributed by atoms with Crippen LogP contribution < -0.4 is 5.32 Å². The summed E-state index contributed by atoms with van der Waals surface area (Å²) in [5.74, 6) is 0.523. The molecule has 0 saturated carbocycles. The number of anilines is 1. The van der Waals surface area contributed by atoms with Gasteiger partial charge in [0, 0.05) is 37.3 Å². The molecule has 1 amide bonds. The van der Waals surface area contributed by atoms with Gasteiger partial charge in [0.1, 0.15) is 5.82 Å². The summed E-state index contributed by atoms with van der Waals surface area (Å²) in [6.07, 6.45) is 5.38. The van der Waals surface area contributed by atoms with Crippen LogP contribution in [0.2, 0.25) is 0 Å². The van der Waals surface area contributed by atoms with Crippen molar-refractivity contribution < 1.29 is 4.79 Å². The highest BCUT2D eigenvalue weighted by Crippen LogP contribution is 2.20. The van der Waals surface area contributed by atoms with Crippen LogP contribution in [0.15, 0.2) is 48.9 Å². The maximum absolute atomic E-state index is 12.2. The first-order chi connectivity index (χ1) is 11.1. The second-order valence-electron chi connectivity index (χ2n) is 5.27. The monoisotopic (exact) mass is 307 g/mol. The number of amides is 1. The van der Waals surface area contributed by atoms with Crippen LogP contribution in [-0.4, -0.2) is 25.7 Å². The standard InChI is InChI=1S/C17H17N5O/c1-12-5-3-8-19-14(12)10-17(23)20-16-9-15(21-22(16)2)13-6-4-7-18-11-13/h3-9,11H,10H2,1-2H3,(H,20,23). The molecule has 3 rings (SSSR count). The number of nitrogens with zero attached hydrogens (tertiary/aromatic N) is 4. The third kappa shape index (κ3) is 3.42. The lowest BCUT2D eigenvalue weighted by atomic mass is 10.1. The summed E-state index contributed by atoms with van der Waals surface area (Å²) in [6.45, 7) is 1.94. The molecule has 0 aliphatic rings. The summed E-state index contributed by atoms with van der Waals surface area (Å²) in [4.78, 5) is 20.6. The number of hydrogen-bond acceptors (Lipinski definition) is 4. The molecule has 0 aliphatic heterocycles. The maximum Gasteiger partial charge on any atom is 0.231 e. The zero-order valence-corrected chi connectivity index (χ0v) is 13.0. The second kappa shape index (κ2) is 6.39. The predicted molar refractivity (Wildman–Crippen MR) is 87.7 cm³/mol. The van der Waals surface area contributed by atoms with Crippen LogP contribution in [-0.2, 0) is 18.3 Å². The lowest BCUT2D eigenvalue weighted by Crippen LogP contribution is -2.17. The summed E-state index contributed by atoms with van der Waals surface area (Å²) in [7, 11) is 1.79. The molecule has 0 saturated heterocycles. The number of aryl methyl sites for hydroxylation is 2. The van der Waals surface area contributed by atoms with Gasteiger partial charge in [-0.25, -0.2) is 0 Å². The second-order valence-corrected chi connectivity index (χ2v) is 5.27. The van der Waals surface area contributed by atoms with E-state index in [9.17, 15) is 4.79 Å². The Hall–Kier alpha value is -3.02. The number of carbonyl (C=O) groups is 1. The zero-order chi connectivity index (χ0) is 16.2. The Balaban J connectivity index is 1.74. The first-order valence-corrected chi connectivity index (χ1v) is 7.28. The summed E-state index contributed by atoms with van der Waals surface area (Å²) in [5, 5.41) is 7.28. The topological polar surface area (TPSA) is 72.7 Å². The molecule has 0 spiro atoms. The molecule has 6 heteroatoms. The fourth-order valence-corrected chi connectivity index (χ4v) is 2.28. The van der Waals surface area contributed by atoms with Crippen LogP contribution in [0, 0.1) is 6.92 Å². The van der Waals surface area contributed by atoms with E-state index in [1.165, 1.54) is 0 Å². The zero-order valence-electron chi connectivity index (χ0n) is 13.0. The van der Waals surface area contributed by atoms with Crippen LogP contribution in [0.4, 0.5) is 5.82 Å². The van der Waals surface area contributed by atoms with Crippen LogP contribution in [0.5, 0.6) is 0 Å². The molecule has 23 heavy (non-hydrogen) atoms. The van der Waals surface area contributed by atoms with Gasteiger partial charge in [0.25, 0.3) is 0 Å². The van der Waals surface area contributed by atoms with Gasteiger partial charge in [-0.2, -0.15) is 5.10 Å². The highest BCUT2D eigenvalue weighted by Gasteiger charge is 2.12. The Morgan fingerprint density at radius 2 is 2.09 bits per heavy atom. The van der Waals surface area contributed by atoms with Crippen molar-refractivity contribution in [1.29, 1.82) is 0 Å². The summed E-state index contributed by atoms with van der Waals surface area (Å²) >= 11 is 0. The molecule has 0 aromatic carbocycles. The van der Waals surface area contributed by atoms with E-state index < -0.39 is 0 Å². The molecule has 1 N–H and O–H groups in total. The number of nitrogens with one attached hydrogen (secondary N) is 1. The van der Waals surface area contributed by atoms with E-state index in [0.29, 0.717) is 5.82 Å². The third-order valence-corrected chi connectivity index (χ3v) is 3.55. The number of hydrogen-bond donors (Lipinski definition) is 1. The number of pyridine rings is 2. The van der Waals surface area contributed by atoms with Gasteiger partial charge < -0.3 is 5.32 Å². The molecule has 3 heterocycles. The van der Waals surface area contributed by atoms with E-state index in [1.807, 2.05) is 37.3 Å². The van der Waals surface area contributed by atoms with E-state index in [1.54, 1.807) is 30.3 Å². The molecular formula is C17H17N5O. The first-order valence-electron chi connectivity index (χ1n) is 7.28. The van der Waals surface area contributed by atoms with Gasteiger partial charge in [-0.3, -0.25) is 19.4 Å². The van der Waals surface area contributed by atoms with Gasteiger partial charge in [0.2, 0.25) is 5.91 Å². The highest BCUT2D eigenvalue weighted by molar-refractivity contribution is 5.92. The van der Waals surface area contributed by atoms with Crippen molar-refractivity contribution in [3.63, 3.8) is 0 Å². The van der Waals surface area contributed by atoms with E-state index in [2.05, 4.69) is 20.4 Å². The summed E-state index contributed by atoms with van der Waals surface area (Å²) in [5.41, 5.74) is 3.46. The largest absolute Gasteiger partial charge is 0.311 e. The van der Waals surface area contributed by atoms with Crippen molar-refractivity contribution >= 4 is 11.7 Å². The van der Waals surface area contributed by atoms with Crippen LogP contribution in [0.3, 0.4) is 0 Å². The van der Waals surface area contributed by atoms with E-state index in [0.717, 1.165) is 22.5 Å². The Labute approximate surface area is 134 Å².